The molecule has 2 unspecified atom stereocenters. The lowest BCUT2D eigenvalue weighted by Gasteiger charge is -2.21. The van der Waals surface area contributed by atoms with Crippen molar-refractivity contribution in [2.45, 2.75) is 25.0 Å². The molecule has 1 aromatic rings. The van der Waals surface area contributed by atoms with E-state index in [2.05, 4.69) is 22.3 Å². The molecule has 78 valence electrons. The van der Waals surface area contributed by atoms with Crippen molar-refractivity contribution in [3.8, 4) is 0 Å². The van der Waals surface area contributed by atoms with Crippen molar-refractivity contribution < 1.29 is 4.79 Å². The number of rotatable bonds is 1. The summed E-state index contributed by atoms with van der Waals surface area (Å²) in [6.07, 6.45) is 2.25. The highest BCUT2D eigenvalue weighted by Crippen LogP contribution is 2.32. The SMILES string of the molecule is O=C1NC(c2ccccc2)N2CCCC12. The van der Waals surface area contributed by atoms with Crippen LogP contribution in [-0.2, 0) is 4.79 Å². The highest BCUT2D eigenvalue weighted by atomic mass is 16.2. The summed E-state index contributed by atoms with van der Waals surface area (Å²) in [7, 11) is 0. The van der Waals surface area contributed by atoms with E-state index < -0.39 is 0 Å². The van der Waals surface area contributed by atoms with Gasteiger partial charge in [0.05, 0.1) is 6.04 Å². The molecule has 1 amide bonds. The van der Waals surface area contributed by atoms with Gasteiger partial charge in [-0.15, -0.1) is 0 Å². The van der Waals surface area contributed by atoms with E-state index >= 15 is 0 Å². The van der Waals surface area contributed by atoms with E-state index in [0.717, 1.165) is 19.4 Å². The van der Waals surface area contributed by atoms with Gasteiger partial charge in [-0.3, -0.25) is 9.69 Å². The van der Waals surface area contributed by atoms with E-state index in [1.54, 1.807) is 0 Å². The molecule has 2 aliphatic heterocycles. The van der Waals surface area contributed by atoms with Gasteiger partial charge in [0.1, 0.15) is 6.17 Å². The van der Waals surface area contributed by atoms with Gasteiger partial charge in [-0.1, -0.05) is 30.3 Å². The average Bonchev–Trinajstić information content (AvgIpc) is 2.84. The number of benzene rings is 1. The maximum Gasteiger partial charge on any atom is 0.238 e. The summed E-state index contributed by atoms with van der Waals surface area (Å²) in [4.78, 5) is 14.0. The van der Waals surface area contributed by atoms with Crippen LogP contribution in [0, 0.1) is 0 Å². The monoisotopic (exact) mass is 202 g/mol. The highest BCUT2D eigenvalue weighted by molar-refractivity contribution is 5.84. The third-order valence-corrected chi connectivity index (χ3v) is 3.32. The fourth-order valence-electron chi connectivity index (χ4n) is 2.60. The zero-order valence-corrected chi connectivity index (χ0v) is 8.52. The Morgan fingerprint density at radius 2 is 2.07 bits per heavy atom. The number of nitrogens with zero attached hydrogens (tertiary/aromatic N) is 1. The molecule has 0 spiro atoms. The van der Waals surface area contributed by atoms with Crippen molar-refractivity contribution in [3.05, 3.63) is 35.9 Å². The molecule has 0 aliphatic carbocycles. The highest BCUT2D eigenvalue weighted by Gasteiger charge is 2.42. The largest absolute Gasteiger partial charge is 0.335 e. The molecular weight excluding hydrogens is 188 g/mol. The second kappa shape index (κ2) is 3.35. The zero-order valence-electron chi connectivity index (χ0n) is 8.52. The van der Waals surface area contributed by atoms with Gasteiger partial charge in [0, 0.05) is 6.54 Å². The molecule has 0 radical (unpaired) electrons. The minimum Gasteiger partial charge on any atom is -0.335 e. The fraction of sp³-hybridized carbons (Fsp3) is 0.417. The summed E-state index contributed by atoms with van der Waals surface area (Å²) in [5.74, 6) is 0.196. The molecule has 2 aliphatic rings. The first-order valence-electron chi connectivity index (χ1n) is 5.47. The van der Waals surface area contributed by atoms with Crippen LogP contribution in [0.1, 0.15) is 24.6 Å². The van der Waals surface area contributed by atoms with Crippen molar-refractivity contribution in [1.82, 2.24) is 10.2 Å². The lowest BCUT2D eigenvalue weighted by atomic mass is 10.1. The predicted molar refractivity (Wildman–Crippen MR) is 57.1 cm³/mol. The molecule has 1 N–H and O–H groups in total. The minimum atomic E-state index is 0.103. The number of hydrogen-bond donors (Lipinski definition) is 1. The summed E-state index contributed by atoms with van der Waals surface area (Å²) in [5.41, 5.74) is 1.19. The molecule has 15 heavy (non-hydrogen) atoms. The summed E-state index contributed by atoms with van der Waals surface area (Å²) in [6.45, 7) is 1.03. The summed E-state index contributed by atoms with van der Waals surface area (Å²) >= 11 is 0. The smallest absolute Gasteiger partial charge is 0.238 e. The van der Waals surface area contributed by atoms with Crippen LogP contribution in [0.2, 0.25) is 0 Å². The van der Waals surface area contributed by atoms with Crippen molar-refractivity contribution >= 4 is 5.91 Å². The van der Waals surface area contributed by atoms with Crippen LogP contribution in [0.4, 0.5) is 0 Å². The Morgan fingerprint density at radius 3 is 2.87 bits per heavy atom. The third kappa shape index (κ3) is 1.35. The van der Waals surface area contributed by atoms with Gasteiger partial charge in [-0.25, -0.2) is 0 Å². The second-order valence-electron chi connectivity index (χ2n) is 4.22. The van der Waals surface area contributed by atoms with Crippen molar-refractivity contribution in [2.24, 2.45) is 0 Å². The Bertz CT molecular complexity index is 376. The normalized spacial score (nSPS) is 30.3. The number of carbonyl (C=O) groups is 1. The van der Waals surface area contributed by atoms with Gasteiger partial charge >= 0.3 is 0 Å². The first-order chi connectivity index (χ1) is 7.36. The lowest BCUT2D eigenvalue weighted by Crippen LogP contribution is -2.28. The molecule has 2 heterocycles. The number of nitrogens with one attached hydrogen (secondary N) is 1. The first kappa shape index (κ1) is 8.92. The number of amides is 1. The van der Waals surface area contributed by atoms with Gasteiger partial charge in [0.25, 0.3) is 0 Å². The van der Waals surface area contributed by atoms with Gasteiger partial charge in [-0.05, 0) is 18.4 Å². The fourth-order valence-corrected chi connectivity index (χ4v) is 2.60. The van der Waals surface area contributed by atoms with Crippen LogP contribution in [-0.4, -0.2) is 23.4 Å². The van der Waals surface area contributed by atoms with E-state index in [1.165, 1.54) is 5.56 Å². The van der Waals surface area contributed by atoms with Crippen molar-refractivity contribution in [3.63, 3.8) is 0 Å². The molecule has 1 aromatic carbocycles. The summed E-state index contributed by atoms with van der Waals surface area (Å²) in [6, 6.07) is 10.3. The number of hydrogen-bond acceptors (Lipinski definition) is 2. The lowest BCUT2D eigenvalue weighted by molar-refractivity contribution is -0.121. The van der Waals surface area contributed by atoms with Gasteiger partial charge in [-0.2, -0.15) is 0 Å². The summed E-state index contributed by atoms with van der Waals surface area (Å²) < 4.78 is 0. The predicted octanol–water partition coefficient (Wildman–Crippen LogP) is 1.28. The minimum absolute atomic E-state index is 0.103. The van der Waals surface area contributed by atoms with Crippen molar-refractivity contribution in [1.29, 1.82) is 0 Å². The van der Waals surface area contributed by atoms with Crippen LogP contribution >= 0.6 is 0 Å². The van der Waals surface area contributed by atoms with Crippen LogP contribution in [0.5, 0.6) is 0 Å². The molecule has 2 saturated heterocycles. The van der Waals surface area contributed by atoms with E-state index in [0.29, 0.717) is 0 Å². The van der Waals surface area contributed by atoms with Crippen LogP contribution in [0.3, 0.4) is 0 Å². The Labute approximate surface area is 89.1 Å². The molecule has 2 atom stereocenters. The Kier molecular flexibility index (Phi) is 1.99. The maximum absolute atomic E-state index is 11.7. The summed E-state index contributed by atoms with van der Waals surface area (Å²) in [5, 5.41) is 3.06. The maximum atomic E-state index is 11.7. The molecule has 3 nitrogen and oxygen atoms in total. The molecule has 0 aromatic heterocycles. The van der Waals surface area contributed by atoms with Gasteiger partial charge in [0.2, 0.25) is 5.91 Å². The molecule has 2 fully saturated rings. The molecule has 3 rings (SSSR count). The molecule has 0 bridgehead atoms. The van der Waals surface area contributed by atoms with Gasteiger partial charge < -0.3 is 5.32 Å². The van der Waals surface area contributed by atoms with Crippen LogP contribution in [0.25, 0.3) is 0 Å². The topological polar surface area (TPSA) is 32.3 Å². The number of carbonyl (C=O) groups excluding carboxylic acids is 1. The molecular formula is C12H14N2O. The van der Waals surface area contributed by atoms with Crippen LogP contribution in [0.15, 0.2) is 30.3 Å². The second-order valence-corrected chi connectivity index (χ2v) is 4.22. The van der Waals surface area contributed by atoms with Crippen LogP contribution < -0.4 is 5.32 Å². The molecule has 0 saturated carbocycles. The first-order valence-corrected chi connectivity index (χ1v) is 5.47. The third-order valence-electron chi connectivity index (χ3n) is 3.32. The van der Waals surface area contributed by atoms with E-state index in [1.807, 2.05) is 18.2 Å². The quantitative estimate of drug-likeness (QED) is 0.744. The van der Waals surface area contributed by atoms with E-state index in [4.69, 9.17) is 0 Å². The Hall–Kier alpha value is -1.35. The Balaban J connectivity index is 1.92. The molecule has 3 heteroatoms. The average molecular weight is 202 g/mol. The standard InChI is InChI=1S/C12H14N2O/c15-12-10-7-4-8-14(10)11(13-12)9-5-2-1-3-6-9/h1-3,5-6,10-11H,4,7-8H2,(H,13,15). The van der Waals surface area contributed by atoms with Gasteiger partial charge in [0.15, 0.2) is 0 Å². The van der Waals surface area contributed by atoms with E-state index in [-0.39, 0.29) is 18.1 Å². The van der Waals surface area contributed by atoms with Crippen molar-refractivity contribution in [2.75, 3.05) is 6.54 Å². The van der Waals surface area contributed by atoms with E-state index in [9.17, 15) is 4.79 Å². The number of fused-ring (bicyclic) bond motifs is 1. The Morgan fingerprint density at radius 1 is 1.27 bits per heavy atom. The zero-order chi connectivity index (χ0) is 10.3.